The molecule has 4 heteroatoms. The van der Waals surface area contributed by atoms with Crippen molar-refractivity contribution in [2.24, 2.45) is 5.92 Å². The molecule has 0 aliphatic carbocycles. The van der Waals surface area contributed by atoms with E-state index in [1.54, 1.807) is 11.8 Å². The lowest BCUT2D eigenvalue weighted by molar-refractivity contribution is -0.129. The van der Waals surface area contributed by atoms with Gasteiger partial charge in [-0.3, -0.25) is 4.79 Å². The first kappa shape index (κ1) is 14.3. The van der Waals surface area contributed by atoms with Crippen molar-refractivity contribution in [3.63, 3.8) is 0 Å². The Morgan fingerprint density at radius 2 is 2.11 bits per heavy atom. The maximum absolute atomic E-state index is 12.1. The lowest BCUT2D eigenvalue weighted by Gasteiger charge is -2.30. The number of benzene rings is 1. The number of hydrogen-bond acceptors (Lipinski definition) is 3. The molecule has 2 N–H and O–H groups in total. The molecule has 1 aliphatic heterocycles. The van der Waals surface area contributed by atoms with Gasteiger partial charge in [0, 0.05) is 23.7 Å². The number of thioether (sulfide) groups is 1. The maximum atomic E-state index is 12.1. The Kier molecular flexibility index (Phi) is 4.75. The number of piperidine rings is 1. The van der Waals surface area contributed by atoms with Crippen LogP contribution in [0.25, 0.3) is 0 Å². The Bertz CT molecular complexity index is 453. The van der Waals surface area contributed by atoms with Gasteiger partial charge in [0.2, 0.25) is 5.91 Å². The van der Waals surface area contributed by atoms with Gasteiger partial charge in [-0.1, -0.05) is 13.0 Å². The monoisotopic (exact) mass is 278 g/mol. The smallest absolute Gasteiger partial charge is 0.232 e. The van der Waals surface area contributed by atoms with Crippen LogP contribution in [0.1, 0.15) is 25.3 Å². The highest BCUT2D eigenvalue weighted by Gasteiger charge is 2.20. The molecule has 1 heterocycles. The average molecular weight is 278 g/mol. The highest BCUT2D eigenvalue weighted by molar-refractivity contribution is 8.00. The normalized spacial score (nSPS) is 16.6. The summed E-state index contributed by atoms with van der Waals surface area (Å²) in [5.74, 6) is 1.52. The van der Waals surface area contributed by atoms with Gasteiger partial charge in [0.1, 0.15) is 0 Å². The van der Waals surface area contributed by atoms with Gasteiger partial charge >= 0.3 is 0 Å². The third-order valence-electron chi connectivity index (χ3n) is 3.81. The molecule has 3 nitrogen and oxygen atoms in total. The van der Waals surface area contributed by atoms with E-state index >= 15 is 0 Å². The summed E-state index contributed by atoms with van der Waals surface area (Å²) in [5, 5.41) is 0. The van der Waals surface area contributed by atoms with Crippen LogP contribution in [0.5, 0.6) is 0 Å². The first-order valence-electron chi connectivity index (χ1n) is 6.83. The van der Waals surface area contributed by atoms with Crippen LogP contribution < -0.4 is 5.73 Å². The molecule has 104 valence electrons. The lowest BCUT2D eigenvalue weighted by atomic mass is 9.99. The van der Waals surface area contributed by atoms with Gasteiger partial charge in [0.05, 0.1) is 5.75 Å². The number of hydrogen-bond donors (Lipinski definition) is 1. The highest BCUT2D eigenvalue weighted by Crippen LogP contribution is 2.26. The van der Waals surface area contributed by atoms with Crippen LogP contribution in [-0.2, 0) is 4.79 Å². The van der Waals surface area contributed by atoms with Crippen LogP contribution in [0, 0.1) is 12.8 Å². The molecule has 0 spiro atoms. The van der Waals surface area contributed by atoms with Crippen molar-refractivity contribution >= 4 is 23.4 Å². The van der Waals surface area contributed by atoms with Crippen LogP contribution in [0.4, 0.5) is 5.69 Å². The van der Waals surface area contributed by atoms with Crippen LogP contribution in [-0.4, -0.2) is 29.6 Å². The summed E-state index contributed by atoms with van der Waals surface area (Å²) in [6.45, 7) is 6.09. The van der Waals surface area contributed by atoms with Gasteiger partial charge in [0.25, 0.3) is 0 Å². The molecule has 1 aromatic carbocycles. The summed E-state index contributed by atoms with van der Waals surface area (Å²) in [7, 11) is 0. The molecule has 1 saturated heterocycles. The minimum atomic E-state index is 0.249. The summed E-state index contributed by atoms with van der Waals surface area (Å²) in [4.78, 5) is 15.3. The van der Waals surface area contributed by atoms with E-state index in [0.29, 0.717) is 5.75 Å². The second-order valence-corrected chi connectivity index (χ2v) is 6.34. The zero-order valence-electron chi connectivity index (χ0n) is 11.7. The lowest BCUT2D eigenvalue weighted by Crippen LogP contribution is -2.38. The molecule has 1 aliphatic rings. The zero-order chi connectivity index (χ0) is 13.8. The minimum absolute atomic E-state index is 0.249. The van der Waals surface area contributed by atoms with Crippen molar-refractivity contribution in [1.82, 2.24) is 4.90 Å². The SMILES string of the molecule is Cc1c(N)cccc1SCC(=O)N1CCC(C)CC1. The van der Waals surface area contributed by atoms with E-state index < -0.39 is 0 Å². The number of nitrogens with two attached hydrogens (primary N) is 1. The topological polar surface area (TPSA) is 46.3 Å². The molecule has 0 atom stereocenters. The minimum Gasteiger partial charge on any atom is -0.398 e. The number of nitrogen functional groups attached to an aromatic ring is 1. The molecule has 1 fully saturated rings. The second-order valence-electron chi connectivity index (χ2n) is 5.32. The summed E-state index contributed by atoms with van der Waals surface area (Å²) >= 11 is 1.59. The van der Waals surface area contributed by atoms with E-state index in [-0.39, 0.29) is 5.91 Å². The fourth-order valence-corrected chi connectivity index (χ4v) is 3.25. The fourth-order valence-electron chi connectivity index (χ4n) is 2.28. The number of rotatable bonds is 3. The Balaban J connectivity index is 1.88. The zero-order valence-corrected chi connectivity index (χ0v) is 12.5. The number of likely N-dealkylation sites (tertiary alicyclic amines) is 1. The van der Waals surface area contributed by atoms with Crippen molar-refractivity contribution in [1.29, 1.82) is 0 Å². The maximum Gasteiger partial charge on any atom is 0.232 e. The summed E-state index contributed by atoms with van der Waals surface area (Å²) in [6.07, 6.45) is 2.27. The number of carbonyl (C=O) groups is 1. The number of amides is 1. The van der Waals surface area contributed by atoms with Gasteiger partial charge in [-0.05, 0) is 43.4 Å². The molecular formula is C15H22N2OS. The van der Waals surface area contributed by atoms with Crippen molar-refractivity contribution in [2.45, 2.75) is 31.6 Å². The molecule has 0 bridgehead atoms. The summed E-state index contributed by atoms with van der Waals surface area (Å²) in [6, 6.07) is 5.87. The van der Waals surface area contributed by atoms with E-state index in [2.05, 4.69) is 6.92 Å². The van der Waals surface area contributed by atoms with E-state index in [1.165, 1.54) is 0 Å². The van der Waals surface area contributed by atoms with E-state index in [1.807, 2.05) is 30.0 Å². The summed E-state index contributed by atoms with van der Waals surface area (Å²) < 4.78 is 0. The largest absolute Gasteiger partial charge is 0.398 e. The van der Waals surface area contributed by atoms with Crippen molar-refractivity contribution < 1.29 is 4.79 Å². The van der Waals surface area contributed by atoms with Gasteiger partial charge < -0.3 is 10.6 Å². The highest BCUT2D eigenvalue weighted by atomic mass is 32.2. The third-order valence-corrected chi connectivity index (χ3v) is 4.96. The van der Waals surface area contributed by atoms with Crippen LogP contribution in [0.15, 0.2) is 23.1 Å². The molecular weight excluding hydrogens is 256 g/mol. The standard InChI is InChI=1S/C15H22N2OS/c1-11-6-8-17(9-7-11)15(18)10-19-14-5-3-4-13(16)12(14)2/h3-5,11H,6-10,16H2,1-2H3. The Labute approximate surface area is 119 Å². The van der Waals surface area contributed by atoms with E-state index in [4.69, 9.17) is 5.73 Å². The quantitative estimate of drug-likeness (QED) is 0.683. The summed E-state index contributed by atoms with van der Waals surface area (Å²) in [5.41, 5.74) is 7.75. The second kappa shape index (κ2) is 6.33. The van der Waals surface area contributed by atoms with Gasteiger partial charge in [-0.15, -0.1) is 11.8 Å². The molecule has 19 heavy (non-hydrogen) atoms. The number of anilines is 1. The first-order chi connectivity index (χ1) is 9.08. The van der Waals surface area contributed by atoms with Crippen LogP contribution in [0.2, 0.25) is 0 Å². The van der Waals surface area contributed by atoms with E-state index in [9.17, 15) is 4.79 Å². The average Bonchev–Trinajstić information content (AvgIpc) is 2.41. The van der Waals surface area contributed by atoms with Gasteiger partial charge in [-0.25, -0.2) is 0 Å². The van der Waals surface area contributed by atoms with Crippen molar-refractivity contribution in [3.8, 4) is 0 Å². The Morgan fingerprint density at radius 3 is 2.79 bits per heavy atom. The molecule has 0 radical (unpaired) electrons. The van der Waals surface area contributed by atoms with Gasteiger partial charge in [0.15, 0.2) is 0 Å². The number of carbonyl (C=O) groups excluding carboxylic acids is 1. The van der Waals surface area contributed by atoms with Crippen molar-refractivity contribution in [2.75, 3.05) is 24.6 Å². The molecule has 0 unspecified atom stereocenters. The number of nitrogens with zero attached hydrogens (tertiary/aromatic N) is 1. The Hall–Kier alpha value is -1.16. The predicted molar refractivity (Wildman–Crippen MR) is 81.3 cm³/mol. The predicted octanol–water partition coefficient (Wildman–Crippen LogP) is 2.93. The van der Waals surface area contributed by atoms with Crippen LogP contribution >= 0.6 is 11.8 Å². The van der Waals surface area contributed by atoms with Crippen LogP contribution in [0.3, 0.4) is 0 Å². The molecule has 1 aromatic rings. The van der Waals surface area contributed by atoms with E-state index in [0.717, 1.165) is 48.0 Å². The fraction of sp³-hybridized carbons (Fsp3) is 0.533. The molecule has 1 amide bonds. The molecule has 0 saturated carbocycles. The molecule has 2 rings (SSSR count). The van der Waals surface area contributed by atoms with Crippen molar-refractivity contribution in [3.05, 3.63) is 23.8 Å². The van der Waals surface area contributed by atoms with Gasteiger partial charge in [-0.2, -0.15) is 0 Å². The first-order valence-corrected chi connectivity index (χ1v) is 7.82. The Morgan fingerprint density at radius 1 is 1.42 bits per heavy atom. The third kappa shape index (κ3) is 3.66. The molecule has 0 aromatic heterocycles.